The van der Waals surface area contributed by atoms with Crippen LogP contribution in [0, 0.1) is 0 Å². The van der Waals surface area contributed by atoms with Gasteiger partial charge in [-0.3, -0.25) is 0 Å². The van der Waals surface area contributed by atoms with E-state index in [0.29, 0.717) is 11.1 Å². The third-order valence-electron chi connectivity index (χ3n) is 2.91. The molecule has 2 heterocycles. The van der Waals surface area contributed by atoms with E-state index < -0.39 is 5.97 Å². The Morgan fingerprint density at radius 3 is 2.78 bits per heavy atom. The van der Waals surface area contributed by atoms with Gasteiger partial charge in [-0.1, -0.05) is 18.2 Å². The molecular formula is C14H10N2O2. The van der Waals surface area contributed by atoms with Crippen LogP contribution in [0.1, 0.15) is 10.4 Å². The van der Waals surface area contributed by atoms with Gasteiger partial charge in [0.15, 0.2) is 0 Å². The van der Waals surface area contributed by atoms with E-state index >= 15 is 0 Å². The van der Waals surface area contributed by atoms with Crippen molar-refractivity contribution in [1.29, 1.82) is 0 Å². The molecule has 0 aliphatic heterocycles. The second-order valence-corrected chi connectivity index (χ2v) is 3.95. The minimum Gasteiger partial charge on any atom is -0.478 e. The molecule has 0 aliphatic rings. The van der Waals surface area contributed by atoms with Crippen LogP contribution in [0.5, 0.6) is 0 Å². The largest absolute Gasteiger partial charge is 0.478 e. The van der Waals surface area contributed by atoms with Gasteiger partial charge in [0.2, 0.25) is 0 Å². The van der Waals surface area contributed by atoms with Crippen molar-refractivity contribution < 1.29 is 9.90 Å². The molecule has 0 atom stereocenters. The van der Waals surface area contributed by atoms with Gasteiger partial charge in [-0.25, -0.2) is 9.78 Å². The van der Waals surface area contributed by atoms with E-state index in [9.17, 15) is 9.90 Å². The zero-order valence-corrected chi connectivity index (χ0v) is 9.42. The molecule has 0 spiro atoms. The molecule has 4 heteroatoms. The number of rotatable bonds is 2. The van der Waals surface area contributed by atoms with E-state index in [1.807, 2.05) is 24.3 Å². The molecule has 0 amide bonds. The highest BCUT2D eigenvalue weighted by Crippen LogP contribution is 2.29. The van der Waals surface area contributed by atoms with Crippen LogP contribution in [0.2, 0.25) is 0 Å². The molecule has 0 saturated heterocycles. The zero-order valence-electron chi connectivity index (χ0n) is 9.42. The van der Waals surface area contributed by atoms with Gasteiger partial charge >= 0.3 is 5.97 Å². The Bertz CT molecular complexity index is 731. The standard InChI is InChI=1S/C14H10N2O2/c17-14(18)12-4-2-1-3-9(12)10-5-7-15-13-11(10)6-8-16-13/h1-8H,(H,15,16)(H,17,18). The van der Waals surface area contributed by atoms with Crippen molar-refractivity contribution in [2.45, 2.75) is 0 Å². The first-order chi connectivity index (χ1) is 8.77. The van der Waals surface area contributed by atoms with Gasteiger partial charge in [-0.2, -0.15) is 0 Å². The predicted molar refractivity (Wildman–Crippen MR) is 68.5 cm³/mol. The molecule has 0 bridgehead atoms. The summed E-state index contributed by atoms with van der Waals surface area (Å²) in [6.45, 7) is 0. The van der Waals surface area contributed by atoms with E-state index in [1.54, 1.807) is 24.5 Å². The number of aromatic carboxylic acids is 1. The van der Waals surface area contributed by atoms with Gasteiger partial charge < -0.3 is 10.1 Å². The molecule has 4 nitrogen and oxygen atoms in total. The lowest BCUT2D eigenvalue weighted by atomic mass is 9.98. The number of fused-ring (bicyclic) bond motifs is 1. The van der Waals surface area contributed by atoms with Crippen LogP contribution in [0.25, 0.3) is 22.2 Å². The molecule has 88 valence electrons. The number of benzene rings is 1. The number of aromatic nitrogens is 2. The van der Waals surface area contributed by atoms with Crippen molar-refractivity contribution in [2.24, 2.45) is 0 Å². The fraction of sp³-hybridized carbons (Fsp3) is 0. The lowest BCUT2D eigenvalue weighted by Gasteiger charge is -2.06. The number of nitrogens with zero attached hydrogens (tertiary/aromatic N) is 1. The number of carbonyl (C=O) groups is 1. The molecule has 3 rings (SSSR count). The van der Waals surface area contributed by atoms with Crippen LogP contribution in [0.15, 0.2) is 48.8 Å². The van der Waals surface area contributed by atoms with E-state index in [2.05, 4.69) is 9.97 Å². The molecule has 0 fully saturated rings. The van der Waals surface area contributed by atoms with Crippen molar-refractivity contribution in [1.82, 2.24) is 9.97 Å². The summed E-state index contributed by atoms with van der Waals surface area (Å²) < 4.78 is 0. The Morgan fingerprint density at radius 1 is 1.11 bits per heavy atom. The Morgan fingerprint density at radius 2 is 1.94 bits per heavy atom. The lowest BCUT2D eigenvalue weighted by molar-refractivity contribution is 0.0698. The average molecular weight is 238 g/mol. The Balaban J connectivity index is 2.33. The summed E-state index contributed by atoms with van der Waals surface area (Å²) in [6, 6.07) is 10.7. The molecule has 0 aliphatic carbocycles. The number of carboxylic acid groups (broad SMARTS) is 1. The van der Waals surface area contributed by atoms with Crippen LogP contribution in [0.4, 0.5) is 0 Å². The molecule has 2 aromatic heterocycles. The van der Waals surface area contributed by atoms with Gasteiger partial charge in [0.25, 0.3) is 0 Å². The van der Waals surface area contributed by atoms with Crippen molar-refractivity contribution in [3.05, 3.63) is 54.4 Å². The Kier molecular flexibility index (Phi) is 2.34. The second kappa shape index (κ2) is 4.00. The van der Waals surface area contributed by atoms with E-state index in [1.165, 1.54) is 0 Å². The van der Waals surface area contributed by atoms with Gasteiger partial charge in [0.1, 0.15) is 5.65 Å². The van der Waals surface area contributed by atoms with Gasteiger partial charge in [0.05, 0.1) is 5.56 Å². The Hall–Kier alpha value is -2.62. The highest BCUT2D eigenvalue weighted by Gasteiger charge is 2.13. The van der Waals surface area contributed by atoms with Crippen LogP contribution in [0.3, 0.4) is 0 Å². The topological polar surface area (TPSA) is 66.0 Å². The summed E-state index contributed by atoms with van der Waals surface area (Å²) in [6.07, 6.45) is 3.47. The smallest absolute Gasteiger partial charge is 0.336 e. The fourth-order valence-electron chi connectivity index (χ4n) is 2.10. The maximum absolute atomic E-state index is 11.2. The molecule has 0 saturated carbocycles. The Labute approximate surface area is 103 Å². The van der Waals surface area contributed by atoms with Crippen LogP contribution in [-0.4, -0.2) is 21.0 Å². The second-order valence-electron chi connectivity index (χ2n) is 3.95. The quantitative estimate of drug-likeness (QED) is 0.721. The number of nitrogens with one attached hydrogen (secondary N) is 1. The number of hydrogen-bond acceptors (Lipinski definition) is 2. The SMILES string of the molecule is O=C(O)c1ccccc1-c1ccnc2[nH]ccc12. The van der Waals surface area contributed by atoms with E-state index in [0.717, 1.165) is 16.6 Å². The molecule has 18 heavy (non-hydrogen) atoms. The summed E-state index contributed by atoms with van der Waals surface area (Å²) in [5, 5.41) is 10.1. The van der Waals surface area contributed by atoms with Crippen molar-refractivity contribution in [3.8, 4) is 11.1 Å². The van der Waals surface area contributed by atoms with Gasteiger partial charge in [-0.05, 0) is 29.3 Å². The molecule has 0 unspecified atom stereocenters. The van der Waals surface area contributed by atoms with Gasteiger partial charge in [-0.15, -0.1) is 0 Å². The first kappa shape index (κ1) is 10.5. The minimum atomic E-state index is -0.925. The van der Waals surface area contributed by atoms with Crippen molar-refractivity contribution in [2.75, 3.05) is 0 Å². The summed E-state index contributed by atoms with van der Waals surface area (Å²) in [7, 11) is 0. The molecule has 3 aromatic rings. The van der Waals surface area contributed by atoms with Crippen LogP contribution in [-0.2, 0) is 0 Å². The predicted octanol–water partition coefficient (Wildman–Crippen LogP) is 2.93. The van der Waals surface area contributed by atoms with Gasteiger partial charge in [0, 0.05) is 17.8 Å². The lowest BCUT2D eigenvalue weighted by Crippen LogP contribution is -1.99. The molecule has 0 radical (unpaired) electrons. The molecular weight excluding hydrogens is 228 g/mol. The number of pyridine rings is 1. The average Bonchev–Trinajstić information content (AvgIpc) is 2.86. The third-order valence-corrected chi connectivity index (χ3v) is 2.91. The summed E-state index contributed by atoms with van der Waals surface area (Å²) in [5.74, 6) is -0.925. The first-order valence-electron chi connectivity index (χ1n) is 5.52. The summed E-state index contributed by atoms with van der Waals surface area (Å²) >= 11 is 0. The molecule has 1 aromatic carbocycles. The maximum Gasteiger partial charge on any atom is 0.336 e. The maximum atomic E-state index is 11.2. The highest BCUT2D eigenvalue weighted by molar-refractivity contribution is 6.01. The monoisotopic (exact) mass is 238 g/mol. The van der Waals surface area contributed by atoms with Crippen LogP contribution >= 0.6 is 0 Å². The summed E-state index contributed by atoms with van der Waals surface area (Å²) in [5.41, 5.74) is 2.63. The van der Waals surface area contributed by atoms with E-state index in [-0.39, 0.29) is 0 Å². The van der Waals surface area contributed by atoms with Crippen molar-refractivity contribution >= 4 is 17.0 Å². The van der Waals surface area contributed by atoms with E-state index in [4.69, 9.17) is 0 Å². The number of hydrogen-bond donors (Lipinski definition) is 2. The normalized spacial score (nSPS) is 10.7. The summed E-state index contributed by atoms with van der Waals surface area (Å²) in [4.78, 5) is 18.5. The zero-order chi connectivity index (χ0) is 12.5. The van der Waals surface area contributed by atoms with Crippen molar-refractivity contribution in [3.63, 3.8) is 0 Å². The van der Waals surface area contributed by atoms with Crippen LogP contribution < -0.4 is 0 Å². The number of carboxylic acids is 1. The minimum absolute atomic E-state index is 0.297. The third kappa shape index (κ3) is 1.55. The first-order valence-corrected chi connectivity index (χ1v) is 5.52. The molecule has 2 N–H and O–H groups in total. The number of aromatic amines is 1. The number of H-pyrrole nitrogens is 1. The fourth-order valence-corrected chi connectivity index (χ4v) is 2.10. The highest BCUT2D eigenvalue weighted by atomic mass is 16.4.